The standard InChI is InChI=1S/C13H25N3O/c1-3-13(6-4-7-15-13)12(17)16-11-5-8-14-9-10(11)2/h10-11,14-15H,3-9H2,1-2H3,(H,16,17). The molecule has 2 fully saturated rings. The summed E-state index contributed by atoms with van der Waals surface area (Å²) in [5.74, 6) is 0.749. The molecule has 0 aliphatic carbocycles. The van der Waals surface area contributed by atoms with Crippen LogP contribution < -0.4 is 16.0 Å². The molecule has 4 nitrogen and oxygen atoms in total. The molecule has 3 unspecified atom stereocenters. The molecule has 2 aliphatic rings. The summed E-state index contributed by atoms with van der Waals surface area (Å²) in [6.45, 7) is 7.31. The van der Waals surface area contributed by atoms with Gasteiger partial charge in [0, 0.05) is 6.04 Å². The van der Waals surface area contributed by atoms with E-state index in [1.807, 2.05) is 0 Å². The number of piperidine rings is 1. The SMILES string of the molecule is CCC1(C(=O)NC2CCNCC2C)CCCN1. The van der Waals surface area contributed by atoms with E-state index < -0.39 is 0 Å². The third kappa shape index (κ3) is 2.63. The summed E-state index contributed by atoms with van der Waals surface area (Å²) in [5.41, 5.74) is -0.287. The average molecular weight is 239 g/mol. The molecule has 3 atom stereocenters. The van der Waals surface area contributed by atoms with E-state index in [2.05, 4.69) is 29.8 Å². The molecule has 0 saturated carbocycles. The Morgan fingerprint density at radius 2 is 2.29 bits per heavy atom. The Hall–Kier alpha value is -0.610. The van der Waals surface area contributed by atoms with E-state index in [0.717, 1.165) is 45.3 Å². The van der Waals surface area contributed by atoms with Crippen LogP contribution in [-0.4, -0.2) is 37.1 Å². The molecule has 98 valence electrons. The monoisotopic (exact) mass is 239 g/mol. The summed E-state index contributed by atoms with van der Waals surface area (Å²) in [7, 11) is 0. The number of amides is 1. The summed E-state index contributed by atoms with van der Waals surface area (Å²) in [4.78, 5) is 12.4. The summed E-state index contributed by atoms with van der Waals surface area (Å²) < 4.78 is 0. The van der Waals surface area contributed by atoms with Gasteiger partial charge in [-0.25, -0.2) is 0 Å². The molecule has 0 aromatic heterocycles. The summed E-state index contributed by atoms with van der Waals surface area (Å²) in [6, 6.07) is 0.342. The fourth-order valence-corrected chi connectivity index (χ4v) is 3.00. The highest BCUT2D eigenvalue weighted by atomic mass is 16.2. The first-order chi connectivity index (χ1) is 8.18. The minimum absolute atomic E-state index is 0.219. The zero-order chi connectivity index (χ0) is 12.3. The quantitative estimate of drug-likeness (QED) is 0.677. The van der Waals surface area contributed by atoms with Gasteiger partial charge < -0.3 is 16.0 Å². The van der Waals surface area contributed by atoms with E-state index >= 15 is 0 Å². The second kappa shape index (κ2) is 5.36. The number of hydrogen-bond acceptors (Lipinski definition) is 3. The van der Waals surface area contributed by atoms with Gasteiger partial charge in [0.05, 0.1) is 5.54 Å². The molecule has 0 spiro atoms. The Labute approximate surface area is 104 Å². The fraction of sp³-hybridized carbons (Fsp3) is 0.923. The van der Waals surface area contributed by atoms with Crippen molar-refractivity contribution in [2.24, 2.45) is 5.92 Å². The van der Waals surface area contributed by atoms with Crippen LogP contribution in [0.4, 0.5) is 0 Å². The smallest absolute Gasteiger partial charge is 0.240 e. The van der Waals surface area contributed by atoms with E-state index in [9.17, 15) is 4.79 Å². The van der Waals surface area contributed by atoms with Crippen molar-refractivity contribution < 1.29 is 4.79 Å². The van der Waals surface area contributed by atoms with Gasteiger partial charge in [-0.05, 0) is 51.2 Å². The predicted octanol–water partition coefficient (Wildman–Crippen LogP) is 0.633. The van der Waals surface area contributed by atoms with Gasteiger partial charge in [0.2, 0.25) is 5.91 Å². The first-order valence-electron chi connectivity index (χ1n) is 6.94. The number of hydrogen-bond donors (Lipinski definition) is 3. The van der Waals surface area contributed by atoms with Crippen molar-refractivity contribution in [3.05, 3.63) is 0 Å². The van der Waals surface area contributed by atoms with Crippen LogP contribution in [-0.2, 0) is 4.79 Å². The maximum atomic E-state index is 12.4. The molecule has 2 saturated heterocycles. The lowest BCUT2D eigenvalue weighted by Gasteiger charge is -2.34. The predicted molar refractivity (Wildman–Crippen MR) is 68.8 cm³/mol. The van der Waals surface area contributed by atoms with Gasteiger partial charge in [0.15, 0.2) is 0 Å². The molecule has 2 heterocycles. The van der Waals surface area contributed by atoms with E-state index in [-0.39, 0.29) is 11.4 Å². The van der Waals surface area contributed by atoms with Crippen molar-refractivity contribution in [3.8, 4) is 0 Å². The lowest BCUT2D eigenvalue weighted by atomic mass is 9.90. The third-order valence-corrected chi connectivity index (χ3v) is 4.38. The first kappa shape index (κ1) is 12.8. The lowest BCUT2D eigenvalue weighted by molar-refractivity contribution is -0.128. The van der Waals surface area contributed by atoms with E-state index in [4.69, 9.17) is 0 Å². The third-order valence-electron chi connectivity index (χ3n) is 4.38. The summed E-state index contributed by atoms with van der Waals surface area (Å²) in [5, 5.41) is 10.0. The zero-order valence-electron chi connectivity index (χ0n) is 11.0. The van der Waals surface area contributed by atoms with Crippen LogP contribution in [0.2, 0.25) is 0 Å². The van der Waals surface area contributed by atoms with Gasteiger partial charge in [-0.15, -0.1) is 0 Å². The molecule has 2 aliphatic heterocycles. The highest BCUT2D eigenvalue weighted by molar-refractivity contribution is 5.86. The van der Waals surface area contributed by atoms with Crippen molar-refractivity contribution in [2.45, 2.75) is 51.1 Å². The van der Waals surface area contributed by atoms with Crippen molar-refractivity contribution in [1.29, 1.82) is 0 Å². The van der Waals surface area contributed by atoms with Gasteiger partial charge in [-0.2, -0.15) is 0 Å². The molecule has 3 N–H and O–H groups in total. The average Bonchev–Trinajstić information content (AvgIpc) is 2.82. The van der Waals surface area contributed by atoms with Crippen LogP contribution in [0.1, 0.15) is 39.5 Å². The van der Waals surface area contributed by atoms with Crippen LogP contribution in [0, 0.1) is 5.92 Å². The van der Waals surface area contributed by atoms with Gasteiger partial charge in [-0.3, -0.25) is 4.79 Å². The lowest BCUT2D eigenvalue weighted by Crippen LogP contribution is -2.58. The van der Waals surface area contributed by atoms with Gasteiger partial charge >= 0.3 is 0 Å². The summed E-state index contributed by atoms with van der Waals surface area (Å²) in [6.07, 6.45) is 4.03. The van der Waals surface area contributed by atoms with Gasteiger partial charge in [0.25, 0.3) is 0 Å². The second-order valence-corrected chi connectivity index (χ2v) is 5.52. The second-order valence-electron chi connectivity index (χ2n) is 5.52. The fourth-order valence-electron chi connectivity index (χ4n) is 3.00. The molecule has 0 bridgehead atoms. The zero-order valence-corrected chi connectivity index (χ0v) is 11.0. The Morgan fingerprint density at radius 1 is 1.47 bits per heavy atom. The largest absolute Gasteiger partial charge is 0.351 e. The maximum absolute atomic E-state index is 12.4. The molecule has 4 heteroatoms. The van der Waals surface area contributed by atoms with Crippen LogP contribution in [0.3, 0.4) is 0 Å². The molecular weight excluding hydrogens is 214 g/mol. The Morgan fingerprint density at radius 3 is 2.88 bits per heavy atom. The molecule has 0 radical (unpaired) electrons. The topological polar surface area (TPSA) is 53.2 Å². The van der Waals surface area contributed by atoms with Crippen LogP contribution in [0.5, 0.6) is 0 Å². The Balaban J connectivity index is 1.95. The first-order valence-corrected chi connectivity index (χ1v) is 6.94. The molecule has 17 heavy (non-hydrogen) atoms. The van der Waals surface area contributed by atoms with E-state index in [0.29, 0.717) is 12.0 Å². The molecule has 0 aromatic rings. The van der Waals surface area contributed by atoms with E-state index in [1.54, 1.807) is 0 Å². The Kier molecular flexibility index (Phi) is 4.05. The highest BCUT2D eigenvalue weighted by Crippen LogP contribution is 2.24. The van der Waals surface area contributed by atoms with Gasteiger partial charge in [-0.1, -0.05) is 13.8 Å². The molecule has 2 rings (SSSR count). The van der Waals surface area contributed by atoms with Crippen molar-refractivity contribution in [2.75, 3.05) is 19.6 Å². The number of carbonyl (C=O) groups is 1. The number of carbonyl (C=O) groups excluding carboxylic acids is 1. The van der Waals surface area contributed by atoms with E-state index in [1.165, 1.54) is 0 Å². The van der Waals surface area contributed by atoms with Crippen molar-refractivity contribution in [3.63, 3.8) is 0 Å². The number of nitrogens with one attached hydrogen (secondary N) is 3. The minimum Gasteiger partial charge on any atom is -0.351 e. The summed E-state index contributed by atoms with van der Waals surface area (Å²) >= 11 is 0. The molecule has 0 aromatic carbocycles. The van der Waals surface area contributed by atoms with Gasteiger partial charge in [0.1, 0.15) is 0 Å². The normalized spacial score (nSPS) is 38.0. The maximum Gasteiger partial charge on any atom is 0.240 e. The van der Waals surface area contributed by atoms with Crippen molar-refractivity contribution >= 4 is 5.91 Å². The molecule has 1 amide bonds. The number of rotatable bonds is 3. The van der Waals surface area contributed by atoms with Crippen molar-refractivity contribution in [1.82, 2.24) is 16.0 Å². The minimum atomic E-state index is -0.287. The van der Waals surface area contributed by atoms with Crippen LogP contribution in [0.15, 0.2) is 0 Å². The van der Waals surface area contributed by atoms with Crippen LogP contribution >= 0.6 is 0 Å². The molecular formula is C13H25N3O. The Bertz CT molecular complexity index is 274. The highest BCUT2D eigenvalue weighted by Gasteiger charge is 2.40. The van der Waals surface area contributed by atoms with Crippen LogP contribution in [0.25, 0.3) is 0 Å².